The molecule has 0 saturated heterocycles. The van der Waals surface area contributed by atoms with E-state index in [9.17, 15) is 4.79 Å². The number of anilines is 1. The Labute approximate surface area is 138 Å². The minimum absolute atomic E-state index is 0.186. The molecule has 1 aromatic carbocycles. The van der Waals surface area contributed by atoms with Crippen molar-refractivity contribution >= 4 is 29.0 Å². The number of aromatic nitrogens is 4. The summed E-state index contributed by atoms with van der Waals surface area (Å²) >= 11 is 5.83. The number of halogens is 1. The van der Waals surface area contributed by atoms with Crippen molar-refractivity contribution < 1.29 is 4.79 Å². The van der Waals surface area contributed by atoms with Gasteiger partial charge >= 0.3 is 0 Å². The van der Waals surface area contributed by atoms with E-state index in [1.54, 1.807) is 30.5 Å². The van der Waals surface area contributed by atoms with Gasteiger partial charge in [0.05, 0.1) is 5.41 Å². The van der Waals surface area contributed by atoms with Crippen molar-refractivity contribution in [1.82, 2.24) is 19.8 Å². The van der Waals surface area contributed by atoms with Gasteiger partial charge in [0.15, 0.2) is 17.3 Å². The van der Waals surface area contributed by atoms with Gasteiger partial charge in [-0.3, -0.25) is 4.79 Å². The summed E-state index contributed by atoms with van der Waals surface area (Å²) in [5, 5.41) is 15.5. The molecule has 0 atom stereocenters. The van der Waals surface area contributed by atoms with Crippen LogP contribution in [0.2, 0.25) is 0 Å². The van der Waals surface area contributed by atoms with E-state index in [4.69, 9.17) is 11.6 Å². The molecule has 0 bridgehead atoms. The zero-order chi connectivity index (χ0) is 16.4. The maximum absolute atomic E-state index is 12.2. The lowest BCUT2D eigenvalue weighted by Gasteiger charge is -2.19. The Morgan fingerprint density at radius 2 is 1.91 bits per heavy atom. The molecule has 23 heavy (non-hydrogen) atoms. The molecule has 0 saturated carbocycles. The number of benzene rings is 1. The molecule has 3 rings (SSSR count). The van der Waals surface area contributed by atoms with E-state index in [0.717, 1.165) is 5.56 Å². The van der Waals surface area contributed by atoms with Gasteiger partial charge in [0.1, 0.15) is 0 Å². The second-order valence-electron chi connectivity index (χ2n) is 5.85. The SMILES string of the molecule is CC(C)(CCl)C(=O)Nc1ccc2nnc(-c3ccccc3)n2n1. The molecule has 3 aromatic rings. The molecule has 0 aliphatic carbocycles. The third kappa shape index (κ3) is 3.03. The number of hydrogen-bond acceptors (Lipinski definition) is 4. The van der Waals surface area contributed by atoms with E-state index < -0.39 is 5.41 Å². The zero-order valence-corrected chi connectivity index (χ0v) is 13.6. The molecule has 0 spiro atoms. The van der Waals surface area contributed by atoms with Gasteiger partial charge < -0.3 is 5.32 Å². The summed E-state index contributed by atoms with van der Waals surface area (Å²) in [6.07, 6.45) is 0. The van der Waals surface area contributed by atoms with Crippen molar-refractivity contribution in [2.24, 2.45) is 5.41 Å². The molecular formula is C16H16ClN5O. The van der Waals surface area contributed by atoms with E-state index in [-0.39, 0.29) is 11.8 Å². The molecule has 1 N–H and O–H groups in total. The maximum Gasteiger partial charge on any atom is 0.232 e. The second-order valence-corrected chi connectivity index (χ2v) is 6.12. The standard InChI is InChI=1S/C16H16ClN5O/c1-16(2,10-17)15(23)18-12-8-9-13-19-20-14(22(13)21-12)11-6-4-3-5-7-11/h3-9H,10H2,1-2H3,(H,18,21,23). The molecule has 0 fully saturated rings. The van der Waals surface area contributed by atoms with Crippen molar-refractivity contribution in [1.29, 1.82) is 0 Å². The van der Waals surface area contributed by atoms with Crippen molar-refractivity contribution in [2.45, 2.75) is 13.8 Å². The molecule has 0 radical (unpaired) electrons. The first-order valence-electron chi connectivity index (χ1n) is 7.16. The summed E-state index contributed by atoms with van der Waals surface area (Å²) in [4.78, 5) is 12.2. The summed E-state index contributed by atoms with van der Waals surface area (Å²) in [5.74, 6) is 1.09. The summed E-state index contributed by atoms with van der Waals surface area (Å²) in [5.41, 5.74) is 0.837. The smallest absolute Gasteiger partial charge is 0.232 e. The number of amides is 1. The largest absolute Gasteiger partial charge is 0.309 e. The fraction of sp³-hybridized carbons (Fsp3) is 0.250. The minimum Gasteiger partial charge on any atom is -0.309 e. The molecule has 6 nitrogen and oxygen atoms in total. The highest BCUT2D eigenvalue weighted by atomic mass is 35.5. The van der Waals surface area contributed by atoms with Crippen LogP contribution in [0.25, 0.3) is 17.0 Å². The highest BCUT2D eigenvalue weighted by molar-refractivity contribution is 6.20. The molecule has 0 aliphatic heterocycles. The van der Waals surface area contributed by atoms with Crippen LogP contribution in [0.3, 0.4) is 0 Å². The van der Waals surface area contributed by atoms with Crippen LogP contribution < -0.4 is 5.32 Å². The third-order valence-electron chi connectivity index (χ3n) is 3.49. The Hall–Kier alpha value is -2.47. The fourth-order valence-corrected chi connectivity index (χ4v) is 2.09. The van der Waals surface area contributed by atoms with Gasteiger partial charge in [0.2, 0.25) is 5.91 Å². The van der Waals surface area contributed by atoms with Crippen molar-refractivity contribution in [3.63, 3.8) is 0 Å². The summed E-state index contributed by atoms with van der Waals surface area (Å²) in [6, 6.07) is 13.1. The van der Waals surface area contributed by atoms with Crippen LogP contribution in [0, 0.1) is 5.41 Å². The van der Waals surface area contributed by atoms with Gasteiger partial charge in [-0.2, -0.15) is 4.52 Å². The molecule has 0 aliphatic rings. The van der Waals surface area contributed by atoms with Gasteiger partial charge in [0.25, 0.3) is 0 Å². The molecular weight excluding hydrogens is 314 g/mol. The van der Waals surface area contributed by atoms with Gasteiger partial charge in [-0.15, -0.1) is 26.9 Å². The number of nitrogens with one attached hydrogen (secondary N) is 1. The quantitative estimate of drug-likeness (QED) is 0.747. The molecule has 1 amide bonds. The van der Waals surface area contributed by atoms with Crippen LogP contribution >= 0.6 is 11.6 Å². The average Bonchev–Trinajstić information content (AvgIpc) is 2.98. The molecule has 2 heterocycles. The second kappa shape index (κ2) is 5.96. The fourth-order valence-electron chi connectivity index (χ4n) is 1.97. The maximum atomic E-state index is 12.2. The van der Waals surface area contributed by atoms with Crippen LogP contribution in [0.15, 0.2) is 42.5 Å². The number of rotatable bonds is 4. The summed E-state index contributed by atoms with van der Waals surface area (Å²) < 4.78 is 1.61. The Bertz CT molecular complexity index is 844. The van der Waals surface area contributed by atoms with Gasteiger partial charge in [0, 0.05) is 11.4 Å². The van der Waals surface area contributed by atoms with Crippen LogP contribution in [-0.2, 0) is 4.79 Å². The Morgan fingerprint density at radius 1 is 1.17 bits per heavy atom. The first-order valence-corrected chi connectivity index (χ1v) is 7.70. The number of nitrogens with zero attached hydrogens (tertiary/aromatic N) is 4. The average molecular weight is 330 g/mol. The highest BCUT2D eigenvalue weighted by Gasteiger charge is 2.27. The first-order chi connectivity index (χ1) is 11.0. The van der Waals surface area contributed by atoms with Gasteiger partial charge in [-0.25, -0.2) is 0 Å². The topological polar surface area (TPSA) is 72.2 Å². The van der Waals surface area contributed by atoms with E-state index in [0.29, 0.717) is 17.3 Å². The monoisotopic (exact) mass is 329 g/mol. The van der Waals surface area contributed by atoms with Crippen LogP contribution in [-0.4, -0.2) is 31.6 Å². The molecule has 7 heteroatoms. The van der Waals surface area contributed by atoms with Crippen molar-refractivity contribution in [3.05, 3.63) is 42.5 Å². The van der Waals surface area contributed by atoms with Crippen molar-refractivity contribution in [2.75, 3.05) is 11.2 Å². The highest BCUT2D eigenvalue weighted by Crippen LogP contribution is 2.21. The molecule has 0 unspecified atom stereocenters. The lowest BCUT2D eigenvalue weighted by molar-refractivity contribution is -0.123. The number of hydrogen-bond donors (Lipinski definition) is 1. The van der Waals surface area contributed by atoms with Crippen LogP contribution in [0.5, 0.6) is 0 Å². The van der Waals surface area contributed by atoms with Gasteiger partial charge in [-0.05, 0) is 26.0 Å². The van der Waals surface area contributed by atoms with E-state index in [1.165, 1.54) is 0 Å². The van der Waals surface area contributed by atoms with Crippen molar-refractivity contribution in [3.8, 4) is 11.4 Å². The first kappa shape index (κ1) is 15.4. The van der Waals surface area contributed by atoms with Crippen LogP contribution in [0.4, 0.5) is 5.82 Å². The predicted molar refractivity (Wildman–Crippen MR) is 89.3 cm³/mol. The van der Waals surface area contributed by atoms with Crippen LogP contribution in [0.1, 0.15) is 13.8 Å². The molecule has 2 aromatic heterocycles. The number of carbonyl (C=O) groups excluding carboxylic acids is 1. The Morgan fingerprint density at radius 3 is 2.61 bits per heavy atom. The Kier molecular flexibility index (Phi) is 4.00. The zero-order valence-electron chi connectivity index (χ0n) is 12.8. The summed E-state index contributed by atoms with van der Waals surface area (Å²) in [7, 11) is 0. The van der Waals surface area contributed by atoms with E-state index in [1.807, 2.05) is 30.3 Å². The molecule has 118 valence electrons. The summed E-state index contributed by atoms with van der Waals surface area (Å²) in [6.45, 7) is 3.56. The predicted octanol–water partition coefficient (Wildman–Crippen LogP) is 2.99. The van der Waals surface area contributed by atoms with Gasteiger partial charge in [-0.1, -0.05) is 30.3 Å². The number of alkyl halides is 1. The normalized spacial score (nSPS) is 11.6. The number of fused-ring (bicyclic) bond motifs is 1. The lowest BCUT2D eigenvalue weighted by atomic mass is 9.95. The number of carbonyl (C=O) groups is 1. The minimum atomic E-state index is -0.673. The Balaban J connectivity index is 1.97. The van der Waals surface area contributed by atoms with E-state index >= 15 is 0 Å². The van der Waals surface area contributed by atoms with E-state index in [2.05, 4.69) is 20.6 Å². The lowest BCUT2D eigenvalue weighted by Crippen LogP contribution is -2.32. The third-order valence-corrected chi connectivity index (χ3v) is 4.15.